The van der Waals surface area contributed by atoms with Crippen molar-refractivity contribution < 1.29 is 5.11 Å². The number of rotatable bonds is 7. The molecule has 0 saturated heterocycles. The Morgan fingerprint density at radius 2 is 1.88 bits per heavy atom. The Balaban J connectivity index is 2.24. The van der Waals surface area contributed by atoms with Gasteiger partial charge in [-0.05, 0) is 30.9 Å². The molecule has 0 radical (unpaired) electrons. The van der Waals surface area contributed by atoms with E-state index in [1.54, 1.807) is 11.8 Å². The van der Waals surface area contributed by atoms with E-state index in [1.165, 1.54) is 16.9 Å². The Morgan fingerprint density at radius 3 is 2.53 bits per heavy atom. The monoisotopic (exact) mass is 252 g/mol. The van der Waals surface area contributed by atoms with Crippen molar-refractivity contribution in [2.75, 3.05) is 5.75 Å². The van der Waals surface area contributed by atoms with Crippen LogP contribution in [0, 0.1) is 12.8 Å². The molecule has 0 spiro atoms. The van der Waals surface area contributed by atoms with E-state index in [0.29, 0.717) is 0 Å². The lowest BCUT2D eigenvalue weighted by molar-refractivity contribution is 0.183. The number of hydrogen-bond donors (Lipinski definition) is 1. The molecule has 0 bridgehead atoms. The summed E-state index contributed by atoms with van der Waals surface area (Å²) < 4.78 is 0. The van der Waals surface area contributed by atoms with Gasteiger partial charge >= 0.3 is 0 Å². The van der Waals surface area contributed by atoms with E-state index in [0.717, 1.165) is 24.5 Å². The van der Waals surface area contributed by atoms with Gasteiger partial charge in [-0.3, -0.25) is 0 Å². The highest BCUT2D eigenvalue weighted by molar-refractivity contribution is 7.99. The van der Waals surface area contributed by atoms with Gasteiger partial charge in [-0.25, -0.2) is 0 Å². The smallest absolute Gasteiger partial charge is 0.0634 e. The normalized spacial score (nSPS) is 13.0. The van der Waals surface area contributed by atoms with Crippen molar-refractivity contribution in [1.82, 2.24) is 0 Å². The third kappa shape index (κ3) is 6.13. The SMILES string of the molecule is Cc1ccccc1SCC(O)CCCC(C)C. The van der Waals surface area contributed by atoms with Crippen LogP contribution >= 0.6 is 11.8 Å². The summed E-state index contributed by atoms with van der Waals surface area (Å²) in [4.78, 5) is 1.29. The van der Waals surface area contributed by atoms with Crippen LogP contribution in [0.4, 0.5) is 0 Å². The largest absolute Gasteiger partial charge is 0.392 e. The molecule has 1 N–H and O–H groups in total. The van der Waals surface area contributed by atoms with E-state index in [2.05, 4.69) is 45.0 Å². The first-order chi connectivity index (χ1) is 8.09. The topological polar surface area (TPSA) is 20.2 Å². The molecule has 17 heavy (non-hydrogen) atoms. The second-order valence-corrected chi connectivity index (χ2v) is 6.12. The van der Waals surface area contributed by atoms with Crippen LogP contribution in [-0.2, 0) is 0 Å². The summed E-state index contributed by atoms with van der Waals surface area (Å²) in [6, 6.07) is 8.35. The number of aryl methyl sites for hydroxylation is 1. The Labute approximate surface area is 110 Å². The fraction of sp³-hybridized carbons (Fsp3) is 0.600. The van der Waals surface area contributed by atoms with Gasteiger partial charge in [0.05, 0.1) is 6.10 Å². The Kier molecular flexibility index (Phi) is 6.68. The van der Waals surface area contributed by atoms with Crippen LogP contribution in [0.3, 0.4) is 0 Å². The molecule has 1 unspecified atom stereocenters. The summed E-state index contributed by atoms with van der Waals surface area (Å²) in [5, 5.41) is 9.89. The first-order valence-electron chi connectivity index (χ1n) is 6.46. The van der Waals surface area contributed by atoms with Crippen LogP contribution in [0.1, 0.15) is 38.7 Å². The predicted octanol–water partition coefficient (Wildman–Crippen LogP) is 4.27. The Bertz CT molecular complexity index is 322. The van der Waals surface area contributed by atoms with Crippen LogP contribution in [-0.4, -0.2) is 17.0 Å². The van der Waals surface area contributed by atoms with Gasteiger partial charge in [0.25, 0.3) is 0 Å². The lowest BCUT2D eigenvalue weighted by atomic mass is 10.1. The molecule has 1 nitrogen and oxygen atoms in total. The molecule has 2 heteroatoms. The highest BCUT2D eigenvalue weighted by Gasteiger charge is 2.06. The van der Waals surface area contributed by atoms with Crippen molar-refractivity contribution in [3.8, 4) is 0 Å². The molecule has 0 aromatic heterocycles. The van der Waals surface area contributed by atoms with Crippen LogP contribution in [0.15, 0.2) is 29.2 Å². The van der Waals surface area contributed by atoms with Crippen molar-refractivity contribution in [1.29, 1.82) is 0 Å². The maximum absolute atomic E-state index is 9.89. The fourth-order valence-electron chi connectivity index (χ4n) is 1.75. The maximum Gasteiger partial charge on any atom is 0.0634 e. The second kappa shape index (κ2) is 7.78. The van der Waals surface area contributed by atoms with E-state index in [4.69, 9.17) is 0 Å². The maximum atomic E-state index is 9.89. The van der Waals surface area contributed by atoms with Crippen molar-refractivity contribution in [2.45, 2.75) is 51.0 Å². The molecule has 1 atom stereocenters. The zero-order valence-corrected chi connectivity index (χ0v) is 12.0. The summed E-state index contributed by atoms with van der Waals surface area (Å²) in [5.41, 5.74) is 1.30. The third-order valence-electron chi connectivity index (χ3n) is 2.84. The molecular formula is C15H24OS. The van der Waals surface area contributed by atoms with E-state index in [1.807, 2.05) is 0 Å². The number of benzene rings is 1. The van der Waals surface area contributed by atoms with Crippen LogP contribution < -0.4 is 0 Å². The molecule has 0 aliphatic rings. The molecule has 1 rings (SSSR count). The third-order valence-corrected chi connectivity index (χ3v) is 4.16. The summed E-state index contributed by atoms with van der Waals surface area (Å²) in [6.07, 6.45) is 3.11. The summed E-state index contributed by atoms with van der Waals surface area (Å²) >= 11 is 1.76. The summed E-state index contributed by atoms with van der Waals surface area (Å²) in [5.74, 6) is 1.55. The molecule has 1 aromatic rings. The summed E-state index contributed by atoms with van der Waals surface area (Å²) in [6.45, 7) is 6.58. The lowest BCUT2D eigenvalue weighted by Gasteiger charge is -2.12. The van der Waals surface area contributed by atoms with Gasteiger partial charge in [0.2, 0.25) is 0 Å². The molecule has 0 fully saturated rings. The lowest BCUT2D eigenvalue weighted by Crippen LogP contribution is -2.10. The van der Waals surface area contributed by atoms with Crippen molar-refractivity contribution >= 4 is 11.8 Å². The van der Waals surface area contributed by atoms with E-state index in [-0.39, 0.29) is 6.10 Å². The highest BCUT2D eigenvalue weighted by atomic mass is 32.2. The number of aliphatic hydroxyl groups is 1. The first-order valence-corrected chi connectivity index (χ1v) is 7.44. The zero-order chi connectivity index (χ0) is 12.7. The number of hydrogen-bond acceptors (Lipinski definition) is 2. The fourth-order valence-corrected chi connectivity index (χ4v) is 2.76. The zero-order valence-electron chi connectivity index (χ0n) is 11.1. The minimum absolute atomic E-state index is 0.168. The molecule has 0 amide bonds. The first kappa shape index (κ1) is 14.6. The Morgan fingerprint density at radius 1 is 1.18 bits per heavy atom. The van der Waals surface area contributed by atoms with Gasteiger partial charge in [0, 0.05) is 10.6 Å². The average molecular weight is 252 g/mol. The van der Waals surface area contributed by atoms with Gasteiger partial charge in [-0.15, -0.1) is 11.8 Å². The van der Waals surface area contributed by atoms with Gasteiger partial charge in [0.15, 0.2) is 0 Å². The van der Waals surface area contributed by atoms with Crippen molar-refractivity contribution in [2.24, 2.45) is 5.92 Å². The van der Waals surface area contributed by atoms with E-state index in [9.17, 15) is 5.11 Å². The van der Waals surface area contributed by atoms with Crippen molar-refractivity contribution in [3.63, 3.8) is 0 Å². The summed E-state index contributed by atoms with van der Waals surface area (Å²) in [7, 11) is 0. The van der Waals surface area contributed by atoms with Gasteiger partial charge in [0.1, 0.15) is 0 Å². The number of thioether (sulfide) groups is 1. The quantitative estimate of drug-likeness (QED) is 0.731. The second-order valence-electron chi connectivity index (χ2n) is 5.06. The molecular weight excluding hydrogens is 228 g/mol. The average Bonchev–Trinajstić information content (AvgIpc) is 2.27. The van der Waals surface area contributed by atoms with E-state index >= 15 is 0 Å². The van der Waals surface area contributed by atoms with Crippen LogP contribution in [0.2, 0.25) is 0 Å². The van der Waals surface area contributed by atoms with Crippen LogP contribution in [0.5, 0.6) is 0 Å². The molecule has 0 heterocycles. The molecule has 1 aromatic carbocycles. The molecule has 0 aliphatic heterocycles. The van der Waals surface area contributed by atoms with Crippen molar-refractivity contribution in [3.05, 3.63) is 29.8 Å². The standard InChI is InChI=1S/C15H24OS/c1-12(2)7-6-9-14(16)11-17-15-10-5-4-8-13(15)3/h4-5,8,10,12,14,16H,6-7,9,11H2,1-3H3. The van der Waals surface area contributed by atoms with Gasteiger partial charge < -0.3 is 5.11 Å². The Hall–Kier alpha value is -0.470. The molecule has 0 saturated carbocycles. The van der Waals surface area contributed by atoms with E-state index < -0.39 is 0 Å². The predicted molar refractivity (Wildman–Crippen MR) is 76.6 cm³/mol. The highest BCUT2D eigenvalue weighted by Crippen LogP contribution is 2.23. The molecule has 96 valence electrons. The minimum Gasteiger partial charge on any atom is -0.392 e. The minimum atomic E-state index is -0.168. The number of aliphatic hydroxyl groups excluding tert-OH is 1. The van der Waals surface area contributed by atoms with Gasteiger partial charge in [-0.2, -0.15) is 0 Å². The molecule has 0 aliphatic carbocycles. The van der Waals surface area contributed by atoms with Crippen LogP contribution in [0.25, 0.3) is 0 Å². The van der Waals surface area contributed by atoms with Gasteiger partial charge in [-0.1, -0.05) is 44.9 Å².